The summed E-state index contributed by atoms with van der Waals surface area (Å²) in [6.45, 7) is 3.06. The number of hydrogen-bond acceptors (Lipinski definition) is 3. The summed E-state index contributed by atoms with van der Waals surface area (Å²) in [5.74, 6) is 0.780. The standard InChI is InChI=1S/C22H25N3O/c26-22(17-7-9-23-10-8-17)25-14-16-5-6-20(25)15-24(13-16)21-11-18-3-1-2-4-19(18)12-21/h1-4,7-10,16,20-21H,5-6,11-15H2. The van der Waals surface area contributed by atoms with Crippen LogP contribution in [0.15, 0.2) is 48.8 Å². The number of hydrogen-bond donors (Lipinski definition) is 0. The van der Waals surface area contributed by atoms with E-state index in [4.69, 9.17) is 0 Å². The number of benzene rings is 1. The number of rotatable bonds is 2. The number of piperidine rings is 1. The molecule has 0 spiro atoms. The van der Waals surface area contributed by atoms with Crippen LogP contribution in [0.5, 0.6) is 0 Å². The molecule has 2 bridgehead atoms. The predicted molar refractivity (Wildman–Crippen MR) is 101 cm³/mol. The van der Waals surface area contributed by atoms with Crippen LogP contribution in [0.1, 0.15) is 34.3 Å². The molecule has 134 valence electrons. The Kier molecular flexibility index (Phi) is 4.01. The molecule has 0 radical (unpaired) electrons. The van der Waals surface area contributed by atoms with E-state index in [1.54, 1.807) is 12.4 Å². The highest BCUT2D eigenvalue weighted by Gasteiger charge is 2.40. The Labute approximate surface area is 154 Å². The van der Waals surface area contributed by atoms with Crippen LogP contribution in [0.25, 0.3) is 0 Å². The molecule has 2 unspecified atom stereocenters. The van der Waals surface area contributed by atoms with Gasteiger partial charge in [-0.05, 0) is 54.9 Å². The topological polar surface area (TPSA) is 36.4 Å². The van der Waals surface area contributed by atoms with Gasteiger partial charge in [0.15, 0.2) is 0 Å². The van der Waals surface area contributed by atoms with Gasteiger partial charge in [-0.25, -0.2) is 0 Å². The maximum atomic E-state index is 13.0. The molecule has 1 aromatic carbocycles. The third-order valence-electron chi connectivity index (χ3n) is 6.48. The monoisotopic (exact) mass is 347 g/mol. The number of amides is 1. The van der Waals surface area contributed by atoms with Gasteiger partial charge in [-0.2, -0.15) is 0 Å². The van der Waals surface area contributed by atoms with E-state index in [1.807, 2.05) is 12.1 Å². The smallest absolute Gasteiger partial charge is 0.254 e. The number of carbonyl (C=O) groups is 1. The zero-order valence-corrected chi connectivity index (χ0v) is 15.1. The van der Waals surface area contributed by atoms with Crippen LogP contribution in [-0.2, 0) is 12.8 Å². The van der Waals surface area contributed by atoms with Gasteiger partial charge in [0.1, 0.15) is 0 Å². The van der Waals surface area contributed by atoms with Crippen LogP contribution in [-0.4, -0.2) is 52.4 Å². The first-order valence-corrected chi connectivity index (χ1v) is 9.80. The van der Waals surface area contributed by atoms with E-state index in [-0.39, 0.29) is 5.91 Å². The Morgan fingerprint density at radius 2 is 1.62 bits per heavy atom. The Morgan fingerprint density at radius 3 is 2.35 bits per heavy atom. The van der Waals surface area contributed by atoms with Crippen molar-refractivity contribution >= 4 is 5.91 Å². The highest BCUT2D eigenvalue weighted by atomic mass is 16.2. The number of fused-ring (bicyclic) bond motifs is 5. The molecule has 1 aliphatic carbocycles. The van der Waals surface area contributed by atoms with Crippen molar-refractivity contribution < 1.29 is 4.79 Å². The van der Waals surface area contributed by atoms with Crippen molar-refractivity contribution in [3.8, 4) is 0 Å². The molecule has 0 saturated carbocycles. The van der Waals surface area contributed by atoms with E-state index in [2.05, 4.69) is 39.0 Å². The van der Waals surface area contributed by atoms with Crippen molar-refractivity contribution in [3.05, 3.63) is 65.5 Å². The molecule has 4 nitrogen and oxygen atoms in total. The summed E-state index contributed by atoms with van der Waals surface area (Å²) in [4.78, 5) is 21.9. The summed E-state index contributed by atoms with van der Waals surface area (Å²) in [5, 5.41) is 0. The molecule has 1 aromatic heterocycles. The Balaban J connectivity index is 1.34. The van der Waals surface area contributed by atoms with E-state index in [9.17, 15) is 4.79 Å². The SMILES string of the molecule is O=C(c1ccncc1)N1CC2CCC1CN(C1Cc3ccccc3C1)C2. The number of carbonyl (C=O) groups excluding carboxylic acids is 1. The lowest BCUT2D eigenvalue weighted by Crippen LogP contribution is -2.48. The first-order valence-electron chi connectivity index (χ1n) is 9.80. The van der Waals surface area contributed by atoms with Gasteiger partial charge in [0, 0.05) is 49.7 Å². The minimum absolute atomic E-state index is 0.179. The molecule has 2 aromatic rings. The van der Waals surface area contributed by atoms with Crippen molar-refractivity contribution in [1.29, 1.82) is 0 Å². The molecular weight excluding hydrogens is 322 g/mol. The molecule has 4 heteroatoms. The van der Waals surface area contributed by atoms with Crippen molar-refractivity contribution in [3.63, 3.8) is 0 Å². The van der Waals surface area contributed by atoms with Crippen molar-refractivity contribution in [2.24, 2.45) is 5.92 Å². The van der Waals surface area contributed by atoms with Crippen molar-refractivity contribution in [2.45, 2.75) is 37.8 Å². The highest BCUT2D eigenvalue weighted by molar-refractivity contribution is 5.94. The van der Waals surface area contributed by atoms with Gasteiger partial charge >= 0.3 is 0 Å². The van der Waals surface area contributed by atoms with Crippen LogP contribution in [0.3, 0.4) is 0 Å². The van der Waals surface area contributed by atoms with Gasteiger partial charge in [0.2, 0.25) is 0 Å². The second-order valence-corrected chi connectivity index (χ2v) is 8.08. The third kappa shape index (κ3) is 2.82. The molecular formula is C22H25N3O. The molecule has 3 fully saturated rings. The quantitative estimate of drug-likeness (QED) is 0.838. The average Bonchev–Trinajstić information content (AvgIpc) is 2.91. The Hall–Kier alpha value is -2.20. The minimum Gasteiger partial charge on any atom is -0.334 e. The van der Waals surface area contributed by atoms with Crippen molar-refractivity contribution in [2.75, 3.05) is 19.6 Å². The summed E-state index contributed by atoms with van der Waals surface area (Å²) >= 11 is 0. The molecule has 3 saturated heterocycles. The lowest BCUT2D eigenvalue weighted by molar-refractivity contribution is 0.0581. The maximum Gasteiger partial charge on any atom is 0.254 e. The number of aromatic nitrogens is 1. The van der Waals surface area contributed by atoms with E-state index in [1.165, 1.54) is 17.5 Å². The average molecular weight is 347 g/mol. The maximum absolute atomic E-state index is 13.0. The van der Waals surface area contributed by atoms with Gasteiger partial charge in [-0.1, -0.05) is 24.3 Å². The molecule has 4 aliphatic rings. The first-order chi connectivity index (χ1) is 12.8. The largest absolute Gasteiger partial charge is 0.334 e. The second kappa shape index (κ2) is 6.51. The summed E-state index contributed by atoms with van der Waals surface area (Å²) in [5.41, 5.74) is 3.80. The molecule has 3 aliphatic heterocycles. The van der Waals surface area contributed by atoms with Gasteiger partial charge in [0.25, 0.3) is 5.91 Å². The van der Waals surface area contributed by atoms with Gasteiger partial charge in [-0.15, -0.1) is 0 Å². The molecule has 0 N–H and O–H groups in total. The summed E-state index contributed by atoms with van der Waals surface area (Å²) < 4.78 is 0. The van der Waals surface area contributed by atoms with Gasteiger partial charge in [-0.3, -0.25) is 14.7 Å². The highest BCUT2D eigenvalue weighted by Crippen LogP contribution is 2.33. The third-order valence-corrected chi connectivity index (χ3v) is 6.48. The van der Waals surface area contributed by atoms with Crippen LogP contribution >= 0.6 is 0 Å². The first kappa shape index (κ1) is 16.0. The van der Waals surface area contributed by atoms with Crippen LogP contribution < -0.4 is 0 Å². The summed E-state index contributed by atoms with van der Waals surface area (Å²) in [6.07, 6.45) is 8.14. The van der Waals surface area contributed by atoms with E-state index in [0.717, 1.165) is 44.5 Å². The van der Waals surface area contributed by atoms with Crippen LogP contribution in [0.4, 0.5) is 0 Å². The minimum atomic E-state index is 0.179. The molecule has 4 heterocycles. The van der Waals surface area contributed by atoms with Gasteiger partial charge < -0.3 is 4.90 Å². The Bertz CT molecular complexity index is 781. The zero-order chi connectivity index (χ0) is 17.5. The van der Waals surface area contributed by atoms with E-state index < -0.39 is 0 Å². The van der Waals surface area contributed by atoms with Crippen molar-refractivity contribution in [1.82, 2.24) is 14.8 Å². The fourth-order valence-corrected chi connectivity index (χ4v) is 5.12. The fourth-order valence-electron chi connectivity index (χ4n) is 5.12. The second-order valence-electron chi connectivity index (χ2n) is 8.08. The lowest BCUT2D eigenvalue weighted by atomic mass is 9.94. The van der Waals surface area contributed by atoms with Crippen LogP contribution in [0.2, 0.25) is 0 Å². The lowest BCUT2D eigenvalue weighted by Gasteiger charge is -2.36. The van der Waals surface area contributed by atoms with Gasteiger partial charge in [0.05, 0.1) is 0 Å². The number of nitrogens with zero attached hydrogens (tertiary/aromatic N) is 3. The molecule has 26 heavy (non-hydrogen) atoms. The molecule has 2 atom stereocenters. The summed E-state index contributed by atoms with van der Waals surface area (Å²) in [6, 6.07) is 13.5. The van der Waals surface area contributed by atoms with E-state index >= 15 is 0 Å². The Morgan fingerprint density at radius 1 is 0.885 bits per heavy atom. The van der Waals surface area contributed by atoms with Crippen LogP contribution in [0, 0.1) is 5.92 Å². The van der Waals surface area contributed by atoms with E-state index in [0.29, 0.717) is 18.0 Å². The summed E-state index contributed by atoms with van der Waals surface area (Å²) in [7, 11) is 0. The normalized spacial score (nSPS) is 25.9. The predicted octanol–water partition coefficient (Wildman–Crippen LogP) is 2.79. The zero-order valence-electron chi connectivity index (χ0n) is 15.1. The number of pyridine rings is 1. The molecule has 1 amide bonds. The molecule has 6 rings (SSSR count). The fraction of sp³-hybridized carbons (Fsp3) is 0.455.